The molecule has 1 saturated heterocycles. The van der Waals surface area contributed by atoms with Gasteiger partial charge in [-0.1, -0.05) is 32.1 Å². The first-order chi connectivity index (χ1) is 15.7. The number of piperazine rings is 1. The smallest absolute Gasteiger partial charge is 0.272 e. The molecule has 0 atom stereocenters. The van der Waals surface area contributed by atoms with Crippen LogP contribution in [0.4, 0.5) is 0 Å². The highest BCUT2D eigenvalue weighted by Crippen LogP contribution is 2.26. The van der Waals surface area contributed by atoms with Gasteiger partial charge in [0.25, 0.3) is 5.91 Å². The largest absolute Gasteiger partial charge is 0.492 e. The summed E-state index contributed by atoms with van der Waals surface area (Å²) in [5.41, 5.74) is 1.06. The monoisotopic (exact) mass is 437 g/mol. The van der Waals surface area contributed by atoms with Crippen molar-refractivity contribution in [2.75, 3.05) is 32.8 Å². The van der Waals surface area contributed by atoms with Gasteiger partial charge in [0, 0.05) is 44.8 Å². The van der Waals surface area contributed by atoms with E-state index in [2.05, 4.69) is 15.0 Å². The van der Waals surface area contributed by atoms with Crippen molar-refractivity contribution in [3.63, 3.8) is 0 Å². The Morgan fingerprint density at radius 1 is 0.938 bits per heavy atom. The number of nitrogens with zero attached hydrogens (tertiary/aromatic N) is 5. The molecule has 32 heavy (non-hydrogen) atoms. The van der Waals surface area contributed by atoms with Crippen LogP contribution >= 0.6 is 0 Å². The SMILES string of the molecule is O=C(Cc1cnccn1)N1CCN(C(=O)c2ccc(OCCC3CCCCC3)cn2)CC1. The maximum absolute atomic E-state index is 12.8. The molecule has 3 heterocycles. The number of carbonyl (C=O) groups excluding carboxylic acids is 2. The molecule has 0 aromatic carbocycles. The van der Waals surface area contributed by atoms with Gasteiger partial charge in [-0.2, -0.15) is 0 Å². The molecule has 8 heteroatoms. The predicted octanol–water partition coefficient (Wildman–Crippen LogP) is 2.75. The normalized spacial score (nSPS) is 17.2. The number of pyridine rings is 1. The Labute approximate surface area is 189 Å². The zero-order valence-corrected chi connectivity index (χ0v) is 18.5. The number of amides is 2. The third kappa shape index (κ3) is 6.02. The summed E-state index contributed by atoms with van der Waals surface area (Å²) in [6.45, 7) is 2.70. The minimum Gasteiger partial charge on any atom is -0.492 e. The van der Waals surface area contributed by atoms with Crippen molar-refractivity contribution in [1.29, 1.82) is 0 Å². The first-order valence-corrected chi connectivity index (χ1v) is 11.6. The minimum absolute atomic E-state index is 0.00505. The third-order valence-corrected chi connectivity index (χ3v) is 6.34. The Balaban J connectivity index is 1.21. The van der Waals surface area contributed by atoms with Gasteiger partial charge in [0.2, 0.25) is 5.91 Å². The van der Waals surface area contributed by atoms with Gasteiger partial charge >= 0.3 is 0 Å². The Morgan fingerprint density at radius 2 is 1.72 bits per heavy atom. The first kappa shape index (κ1) is 22.2. The highest BCUT2D eigenvalue weighted by atomic mass is 16.5. The second kappa shape index (κ2) is 11.0. The van der Waals surface area contributed by atoms with Crippen molar-refractivity contribution in [1.82, 2.24) is 24.8 Å². The van der Waals surface area contributed by atoms with E-state index in [4.69, 9.17) is 4.74 Å². The number of carbonyl (C=O) groups is 2. The van der Waals surface area contributed by atoms with Crippen molar-refractivity contribution < 1.29 is 14.3 Å². The molecular weight excluding hydrogens is 406 g/mol. The molecule has 4 rings (SSSR count). The van der Waals surface area contributed by atoms with Crippen LogP contribution in [0.15, 0.2) is 36.9 Å². The van der Waals surface area contributed by atoms with E-state index in [0.717, 1.165) is 12.3 Å². The Morgan fingerprint density at radius 3 is 2.41 bits per heavy atom. The van der Waals surface area contributed by atoms with Crippen LogP contribution in [0, 0.1) is 5.92 Å². The summed E-state index contributed by atoms with van der Waals surface area (Å²) >= 11 is 0. The molecule has 8 nitrogen and oxygen atoms in total. The average molecular weight is 438 g/mol. The van der Waals surface area contributed by atoms with Gasteiger partial charge in [0.05, 0.1) is 24.9 Å². The van der Waals surface area contributed by atoms with E-state index < -0.39 is 0 Å². The average Bonchev–Trinajstić information content (AvgIpc) is 2.85. The molecule has 0 N–H and O–H groups in total. The van der Waals surface area contributed by atoms with Crippen molar-refractivity contribution in [2.45, 2.75) is 44.9 Å². The molecule has 1 aliphatic heterocycles. The van der Waals surface area contributed by atoms with Gasteiger partial charge < -0.3 is 14.5 Å². The molecule has 2 amide bonds. The van der Waals surface area contributed by atoms with Crippen LogP contribution in [0.2, 0.25) is 0 Å². The van der Waals surface area contributed by atoms with Crippen molar-refractivity contribution in [3.05, 3.63) is 48.3 Å². The first-order valence-electron chi connectivity index (χ1n) is 11.6. The molecule has 0 unspecified atom stereocenters. The van der Waals surface area contributed by atoms with Crippen LogP contribution in [-0.2, 0) is 11.2 Å². The summed E-state index contributed by atoms with van der Waals surface area (Å²) < 4.78 is 5.84. The van der Waals surface area contributed by atoms with Crippen molar-refractivity contribution in [3.8, 4) is 5.75 Å². The summed E-state index contributed by atoms with van der Waals surface area (Å²) in [7, 11) is 0. The van der Waals surface area contributed by atoms with E-state index in [9.17, 15) is 9.59 Å². The molecule has 0 spiro atoms. The van der Waals surface area contributed by atoms with E-state index in [1.165, 1.54) is 32.1 Å². The lowest BCUT2D eigenvalue weighted by Gasteiger charge is -2.34. The Bertz CT molecular complexity index is 876. The predicted molar refractivity (Wildman–Crippen MR) is 119 cm³/mol. The van der Waals surface area contributed by atoms with E-state index in [1.807, 2.05) is 6.07 Å². The second-order valence-corrected chi connectivity index (χ2v) is 8.57. The van der Waals surface area contributed by atoms with Gasteiger partial charge in [-0.25, -0.2) is 4.98 Å². The molecular formula is C24H31N5O3. The summed E-state index contributed by atoms with van der Waals surface area (Å²) in [6, 6.07) is 3.55. The number of rotatable bonds is 7. The summed E-state index contributed by atoms with van der Waals surface area (Å²) in [6.07, 6.45) is 14.4. The van der Waals surface area contributed by atoms with Gasteiger partial charge in [0.1, 0.15) is 11.4 Å². The minimum atomic E-state index is -0.111. The number of aromatic nitrogens is 3. The summed E-state index contributed by atoms with van der Waals surface area (Å²) in [4.78, 5) is 41.3. The van der Waals surface area contributed by atoms with Gasteiger partial charge in [-0.3, -0.25) is 19.6 Å². The maximum Gasteiger partial charge on any atom is 0.272 e. The lowest BCUT2D eigenvalue weighted by molar-refractivity contribution is -0.132. The Hall–Kier alpha value is -3.03. The van der Waals surface area contributed by atoms with Crippen LogP contribution < -0.4 is 4.74 Å². The lowest BCUT2D eigenvalue weighted by atomic mass is 9.87. The van der Waals surface area contributed by atoms with Gasteiger partial charge in [-0.05, 0) is 24.5 Å². The standard InChI is InChI=1S/C24H31N5O3/c30-23(16-20-17-25-9-10-26-20)28-11-13-29(14-12-28)24(31)22-7-6-21(18-27-22)32-15-8-19-4-2-1-3-5-19/h6-7,9-10,17-19H,1-5,8,11-16H2. The molecule has 2 aliphatic rings. The van der Waals surface area contributed by atoms with Gasteiger partial charge in [-0.15, -0.1) is 0 Å². The fourth-order valence-electron chi connectivity index (χ4n) is 4.42. The number of ether oxygens (including phenoxy) is 1. The number of hydrogen-bond donors (Lipinski definition) is 0. The molecule has 1 aliphatic carbocycles. The number of hydrogen-bond acceptors (Lipinski definition) is 6. The Kier molecular flexibility index (Phi) is 7.64. The molecule has 0 bridgehead atoms. The van der Waals surface area contributed by atoms with E-state index in [1.54, 1.807) is 40.7 Å². The maximum atomic E-state index is 12.8. The van der Waals surface area contributed by atoms with Gasteiger partial charge in [0.15, 0.2) is 0 Å². The third-order valence-electron chi connectivity index (χ3n) is 6.34. The van der Waals surface area contributed by atoms with Crippen molar-refractivity contribution in [2.24, 2.45) is 5.92 Å². The quantitative estimate of drug-likeness (QED) is 0.662. The fourth-order valence-corrected chi connectivity index (χ4v) is 4.42. The zero-order chi connectivity index (χ0) is 22.2. The van der Waals surface area contributed by atoms with E-state index in [-0.39, 0.29) is 18.2 Å². The molecule has 2 aromatic heterocycles. The summed E-state index contributed by atoms with van der Waals surface area (Å²) in [5, 5.41) is 0. The highest BCUT2D eigenvalue weighted by Gasteiger charge is 2.25. The summed E-state index contributed by atoms with van der Waals surface area (Å²) in [5.74, 6) is 1.38. The van der Waals surface area contributed by atoms with E-state index in [0.29, 0.717) is 49.9 Å². The molecule has 1 saturated carbocycles. The molecule has 0 radical (unpaired) electrons. The fraction of sp³-hybridized carbons (Fsp3) is 0.542. The zero-order valence-electron chi connectivity index (χ0n) is 18.5. The van der Waals surface area contributed by atoms with Crippen LogP contribution in [0.25, 0.3) is 0 Å². The van der Waals surface area contributed by atoms with Crippen LogP contribution in [0.3, 0.4) is 0 Å². The highest BCUT2D eigenvalue weighted by molar-refractivity contribution is 5.92. The lowest BCUT2D eigenvalue weighted by Crippen LogP contribution is -2.51. The van der Waals surface area contributed by atoms with Crippen LogP contribution in [0.1, 0.15) is 54.7 Å². The molecule has 170 valence electrons. The molecule has 2 aromatic rings. The second-order valence-electron chi connectivity index (χ2n) is 8.57. The van der Waals surface area contributed by atoms with Crippen LogP contribution in [-0.4, -0.2) is 69.4 Å². The van der Waals surface area contributed by atoms with Crippen LogP contribution in [0.5, 0.6) is 5.75 Å². The topological polar surface area (TPSA) is 88.5 Å². The molecule has 2 fully saturated rings. The van der Waals surface area contributed by atoms with Crippen molar-refractivity contribution >= 4 is 11.8 Å². The van der Waals surface area contributed by atoms with E-state index >= 15 is 0 Å².